The lowest BCUT2D eigenvalue weighted by molar-refractivity contribution is 0.622. The summed E-state index contributed by atoms with van der Waals surface area (Å²) >= 11 is 3.23. The Morgan fingerprint density at radius 2 is 1.96 bits per heavy atom. The van der Waals surface area contributed by atoms with E-state index in [1.165, 1.54) is 10.6 Å². The van der Waals surface area contributed by atoms with Gasteiger partial charge in [0.1, 0.15) is 17.5 Å². The molecular formula is C19H17BrFN5. The first-order valence-corrected chi connectivity index (χ1v) is 9.10. The zero-order valence-electron chi connectivity index (χ0n) is 14.1. The van der Waals surface area contributed by atoms with Crippen LogP contribution in [0.1, 0.15) is 12.8 Å². The summed E-state index contributed by atoms with van der Waals surface area (Å²) < 4.78 is 16.1. The van der Waals surface area contributed by atoms with Crippen LogP contribution in [0.2, 0.25) is 0 Å². The molecular weight excluding hydrogens is 397 g/mol. The van der Waals surface area contributed by atoms with Gasteiger partial charge in [0.15, 0.2) is 0 Å². The molecule has 5 nitrogen and oxygen atoms in total. The molecule has 4 rings (SSSR count). The number of halogens is 2. The number of benzene rings is 2. The highest BCUT2D eigenvalue weighted by Gasteiger charge is 2.29. The molecule has 0 bridgehead atoms. The first-order chi connectivity index (χ1) is 12.5. The molecule has 7 heteroatoms. The van der Waals surface area contributed by atoms with E-state index in [1.54, 1.807) is 6.07 Å². The average Bonchev–Trinajstić information content (AvgIpc) is 3.47. The van der Waals surface area contributed by atoms with Crippen LogP contribution in [-0.2, 0) is 0 Å². The SMILES string of the molecule is CN(c1ccccc1)c1nc(=N)n(C(=N)C2CC2)c2cc(Br)c(F)cc12. The number of fused-ring (bicyclic) bond motifs is 1. The van der Waals surface area contributed by atoms with E-state index >= 15 is 0 Å². The smallest absolute Gasteiger partial charge is 0.230 e. The van der Waals surface area contributed by atoms with Crippen molar-refractivity contribution < 1.29 is 4.39 Å². The van der Waals surface area contributed by atoms with Crippen LogP contribution < -0.4 is 10.5 Å². The fourth-order valence-electron chi connectivity index (χ4n) is 3.04. The van der Waals surface area contributed by atoms with Gasteiger partial charge in [-0.05, 0) is 53.0 Å². The Kier molecular flexibility index (Phi) is 4.11. The third-order valence-corrected chi connectivity index (χ3v) is 5.22. The minimum absolute atomic E-state index is 0.0225. The molecule has 0 atom stereocenters. The lowest BCUT2D eigenvalue weighted by Gasteiger charge is -2.22. The molecule has 0 radical (unpaired) electrons. The largest absolute Gasteiger partial charge is 0.329 e. The normalized spacial score (nSPS) is 13.8. The molecule has 1 aliphatic rings. The van der Waals surface area contributed by atoms with Crippen molar-refractivity contribution >= 4 is 44.2 Å². The summed E-state index contributed by atoms with van der Waals surface area (Å²) in [6, 6.07) is 12.7. The Balaban J connectivity index is 2.00. The van der Waals surface area contributed by atoms with Gasteiger partial charge in [-0.25, -0.2) is 4.39 Å². The standard InChI is InChI=1S/C19H17BrFN5/c1-25(12-5-3-2-4-6-12)18-13-9-15(21)14(20)10-16(13)26(19(23)24-18)17(22)11-7-8-11/h2-6,9-11,22-23H,7-8H2,1H3. The van der Waals surface area contributed by atoms with Crippen molar-refractivity contribution in [3.05, 3.63) is 58.4 Å². The molecule has 132 valence electrons. The molecule has 0 aliphatic heterocycles. The number of para-hydroxylation sites is 1. The van der Waals surface area contributed by atoms with Gasteiger partial charge in [-0.1, -0.05) is 18.2 Å². The third kappa shape index (κ3) is 2.82. The molecule has 2 N–H and O–H groups in total. The van der Waals surface area contributed by atoms with E-state index in [2.05, 4.69) is 20.9 Å². The maximum atomic E-state index is 14.3. The fraction of sp³-hybridized carbons (Fsp3) is 0.211. The van der Waals surface area contributed by atoms with E-state index in [0.717, 1.165) is 18.5 Å². The van der Waals surface area contributed by atoms with Crippen LogP contribution in [0.5, 0.6) is 0 Å². The summed E-state index contributed by atoms with van der Waals surface area (Å²) in [5.41, 5.74) is 1.47. The number of aromatic nitrogens is 2. The van der Waals surface area contributed by atoms with E-state index in [0.29, 0.717) is 27.0 Å². The van der Waals surface area contributed by atoms with Crippen molar-refractivity contribution in [2.24, 2.45) is 5.92 Å². The van der Waals surface area contributed by atoms with Crippen molar-refractivity contribution in [1.29, 1.82) is 10.8 Å². The minimum Gasteiger partial charge on any atom is -0.329 e. The predicted molar refractivity (Wildman–Crippen MR) is 104 cm³/mol. The lowest BCUT2D eigenvalue weighted by Crippen LogP contribution is -2.32. The van der Waals surface area contributed by atoms with E-state index in [1.807, 2.05) is 42.3 Å². The van der Waals surface area contributed by atoms with E-state index in [9.17, 15) is 4.39 Å². The van der Waals surface area contributed by atoms with Crippen molar-refractivity contribution in [3.8, 4) is 0 Å². The maximum absolute atomic E-state index is 14.3. The highest BCUT2D eigenvalue weighted by Crippen LogP contribution is 2.34. The molecule has 1 aliphatic carbocycles. The second kappa shape index (κ2) is 6.32. The monoisotopic (exact) mass is 413 g/mol. The van der Waals surface area contributed by atoms with Crippen LogP contribution in [0.4, 0.5) is 15.9 Å². The molecule has 3 aromatic rings. The summed E-state index contributed by atoms with van der Waals surface area (Å²) in [7, 11) is 1.84. The molecule has 26 heavy (non-hydrogen) atoms. The molecule has 1 fully saturated rings. The van der Waals surface area contributed by atoms with Crippen LogP contribution in [-0.4, -0.2) is 22.4 Å². The molecule has 2 aromatic carbocycles. The first kappa shape index (κ1) is 16.9. The molecule has 1 heterocycles. The first-order valence-electron chi connectivity index (χ1n) is 8.31. The van der Waals surface area contributed by atoms with Gasteiger partial charge in [-0.2, -0.15) is 4.98 Å². The van der Waals surface area contributed by atoms with Crippen molar-refractivity contribution in [3.63, 3.8) is 0 Å². The topological polar surface area (TPSA) is 68.8 Å². The average molecular weight is 414 g/mol. The van der Waals surface area contributed by atoms with E-state index < -0.39 is 5.82 Å². The quantitative estimate of drug-likeness (QED) is 0.492. The van der Waals surface area contributed by atoms with Gasteiger partial charge in [0.2, 0.25) is 5.62 Å². The molecule has 1 aromatic heterocycles. The molecule has 0 amide bonds. The molecule has 0 spiro atoms. The number of hydrogen-bond acceptors (Lipinski definition) is 4. The third-order valence-electron chi connectivity index (χ3n) is 4.61. The Hall–Kier alpha value is -2.54. The van der Waals surface area contributed by atoms with Crippen molar-refractivity contribution in [1.82, 2.24) is 9.55 Å². The summed E-state index contributed by atoms with van der Waals surface area (Å²) in [4.78, 5) is 6.24. The Labute approximate surface area is 158 Å². The molecule has 0 saturated heterocycles. The van der Waals surface area contributed by atoms with Gasteiger partial charge in [-0.3, -0.25) is 15.4 Å². The summed E-state index contributed by atoms with van der Waals surface area (Å²) in [5.74, 6) is 0.585. The number of nitrogens with zero attached hydrogens (tertiary/aromatic N) is 3. The van der Waals surface area contributed by atoms with Gasteiger partial charge in [0.25, 0.3) is 0 Å². The number of hydrogen-bond donors (Lipinski definition) is 2. The highest BCUT2D eigenvalue weighted by molar-refractivity contribution is 9.10. The Morgan fingerprint density at radius 3 is 2.62 bits per heavy atom. The van der Waals surface area contributed by atoms with E-state index in [4.69, 9.17) is 10.8 Å². The molecule has 1 saturated carbocycles. The van der Waals surface area contributed by atoms with Gasteiger partial charge < -0.3 is 4.90 Å². The van der Waals surface area contributed by atoms with Gasteiger partial charge in [0.05, 0.1) is 9.99 Å². The highest BCUT2D eigenvalue weighted by atomic mass is 79.9. The number of nitrogens with one attached hydrogen (secondary N) is 2. The second-order valence-electron chi connectivity index (χ2n) is 6.43. The van der Waals surface area contributed by atoms with Gasteiger partial charge >= 0.3 is 0 Å². The fourth-order valence-corrected chi connectivity index (χ4v) is 3.37. The summed E-state index contributed by atoms with van der Waals surface area (Å²) in [5, 5.41) is 17.4. The number of rotatable bonds is 3. The van der Waals surface area contributed by atoms with Crippen LogP contribution in [0.15, 0.2) is 46.9 Å². The van der Waals surface area contributed by atoms with Crippen LogP contribution >= 0.6 is 15.9 Å². The number of anilines is 2. The van der Waals surface area contributed by atoms with Crippen LogP contribution in [0.25, 0.3) is 10.9 Å². The maximum Gasteiger partial charge on any atom is 0.230 e. The van der Waals surface area contributed by atoms with Crippen LogP contribution in [0, 0.1) is 22.6 Å². The Morgan fingerprint density at radius 1 is 1.27 bits per heavy atom. The van der Waals surface area contributed by atoms with E-state index in [-0.39, 0.29) is 11.5 Å². The van der Waals surface area contributed by atoms with Crippen LogP contribution in [0.3, 0.4) is 0 Å². The minimum atomic E-state index is -0.399. The summed E-state index contributed by atoms with van der Waals surface area (Å²) in [6.07, 6.45) is 1.89. The van der Waals surface area contributed by atoms with Gasteiger partial charge in [-0.15, -0.1) is 0 Å². The second-order valence-corrected chi connectivity index (χ2v) is 7.29. The summed E-state index contributed by atoms with van der Waals surface area (Å²) in [6.45, 7) is 0. The Bertz CT molecular complexity index is 1070. The zero-order valence-corrected chi connectivity index (χ0v) is 15.7. The molecule has 0 unspecified atom stereocenters. The lowest BCUT2D eigenvalue weighted by atomic mass is 10.2. The zero-order chi connectivity index (χ0) is 18.4. The van der Waals surface area contributed by atoms with Crippen molar-refractivity contribution in [2.75, 3.05) is 11.9 Å². The van der Waals surface area contributed by atoms with Crippen molar-refractivity contribution in [2.45, 2.75) is 12.8 Å². The predicted octanol–water partition coefficient (Wildman–Crippen LogP) is 4.42. The van der Waals surface area contributed by atoms with Gasteiger partial charge in [0, 0.05) is 24.0 Å².